The fourth-order valence-corrected chi connectivity index (χ4v) is 3.13. The van der Waals surface area contributed by atoms with Crippen LogP contribution in [-0.4, -0.2) is 27.5 Å². The van der Waals surface area contributed by atoms with Crippen LogP contribution < -0.4 is 0 Å². The van der Waals surface area contributed by atoms with Crippen molar-refractivity contribution in [2.24, 2.45) is 11.3 Å². The highest BCUT2D eigenvalue weighted by Crippen LogP contribution is 2.56. The fraction of sp³-hybridized carbons (Fsp3) is 0.867. The van der Waals surface area contributed by atoms with Gasteiger partial charge in [-0.2, -0.15) is 5.26 Å². The average Bonchev–Trinajstić information content (AvgIpc) is 3.01. The van der Waals surface area contributed by atoms with E-state index in [2.05, 4.69) is 39.9 Å². The van der Waals surface area contributed by atoms with Crippen LogP contribution >= 0.6 is 0 Å². The molecule has 20 heavy (non-hydrogen) atoms. The van der Waals surface area contributed by atoms with Crippen LogP contribution in [0.3, 0.4) is 0 Å². The van der Waals surface area contributed by atoms with Gasteiger partial charge in [-0.1, -0.05) is 20.8 Å². The lowest BCUT2D eigenvalue weighted by molar-refractivity contribution is -0.150. The summed E-state index contributed by atoms with van der Waals surface area (Å²) in [4.78, 5) is 12.0. The highest BCUT2D eigenvalue weighted by Gasteiger charge is 2.61. The maximum Gasteiger partial charge on any atom is 0.313 e. The minimum Gasteiger partial charge on any atom is -0.466 e. The maximum atomic E-state index is 12.0. The molecule has 1 rings (SSSR count). The van der Waals surface area contributed by atoms with Gasteiger partial charge in [0, 0.05) is 6.61 Å². The lowest BCUT2D eigenvalue weighted by Crippen LogP contribution is -2.41. The van der Waals surface area contributed by atoms with Crippen LogP contribution in [0.5, 0.6) is 0 Å². The molecule has 1 saturated carbocycles. The van der Waals surface area contributed by atoms with Crippen molar-refractivity contribution in [2.75, 3.05) is 13.2 Å². The molecule has 0 aromatic rings. The first-order valence-electron chi connectivity index (χ1n) is 7.29. The number of carbonyl (C=O) groups excluding carboxylic acids is 1. The van der Waals surface area contributed by atoms with Crippen LogP contribution in [0.2, 0.25) is 18.1 Å². The zero-order valence-electron chi connectivity index (χ0n) is 13.6. The largest absolute Gasteiger partial charge is 0.466 e. The van der Waals surface area contributed by atoms with E-state index in [9.17, 15) is 4.79 Å². The number of hydrogen-bond acceptors (Lipinski definition) is 4. The Hall–Kier alpha value is -0.863. The van der Waals surface area contributed by atoms with Crippen LogP contribution in [-0.2, 0) is 14.0 Å². The molecule has 4 nitrogen and oxygen atoms in total. The molecule has 0 N–H and O–H groups in total. The molecule has 0 saturated heterocycles. The molecule has 0 spiro atoms. The zero-order chi connectivity index (χ0) is 15.6. The second-order valence-corrected chi connectivity index (χ2v) is 12.0. The van der Waals surface area contributed by atoms with Gasteiger partial charge in [0.25, 0.3) is 0 Å². The first kappa shape index (κ1) is 17.2. The quantitative estimate of drug-likeness (QED) is 0.556. The van der Waals surface area contributed by atoms with E-state index in [1.165, 1.54) is 0 Å². The van der Waals surface area contributed by atoms with E-state index in [1.807, 2.05) is 0 Å². The molecule has 0 bridgehead atoms. The Labute approximate surface area is 123 Å². The summed E-state index contributed by atoms with van der Waals surface area (Å²) in [5, 5.41) is 9.10. The maximum absolute atomic E-state index is 12.0. The molecule has 0 aromatic heterocycles. The molecule has 0 amide bonds. The number of nitriles is 1. The van der Waals surface area contributed by atoms with Crippen LogP contribution in [0.25, 0.3) is 0 Å². The van der Waals surface area contributed by atoms with E-state index in [1.54, 1.807) is 6.92 Å². The van der Waals surface area contributed by atoms with Gasteiger partial charge in [-0.25, -0.2) is 0 Å². The Bertz CT molecular complexity index is 408. The Morgan fingerprint density at radius 2 is 2.05 bits per heavy atom. The topological polar surface area (TPSA) is 59.3 Å². The predicted molar refractivity (Wildman–Crippen MR) is 80.6 cm³/mol. The van der Waals surface area contributed by atoms with Crippen molar-refractivity contribution in [3.63, 3.8) is 0 Å². The summed E-state index contributed by atoms with van der Waals surface area (Å²) >= 11 is 0. The number of hydrogen-bond donors (Lipinski definition) is 0. The van der Waals surface area contributed by atoms with E-state index in [4.69, 9.17) is 14.4 Å². The number of carbonyl (C=O) groups is 1. The standard InChI is InChI=1S/C15H27NO3Si/c1-7-18-13(17)15(8-9-16)10-12(15)11-19-20(5,6)14(2,3)4/h12H,7-8,10-11H2,1-6H3. The van der Waals surface area contributed by atoms with Crippen molar-refractivity contribution in [1.82, 2.24) is 0 Å². The molecule has 5 heteroatoms. The Morgan fingerprint density at radius 3 is 2.50 bits per heavy atom. The normalized spacial score (nSPS) is 25.9. The van der Waals surface area contributed by atoms with Crippen molar-refractivity contribution in [3.8, 4) is 6.07 Å². The molecule has 1 aliphatic carbocycles. The lowest BCUT2D eigenvalue weighted by atomic mass is 10.0. The Morgan fingerprint density at radius 1 is 1.45 bits per heavy atom. The number of esters is 1. The van der Waals surface area contributed by atoms with Gasteiger partial charge in [-0.3, -0.25) is 4.79 Å². The van der Waals surface area contributed by atoms with Crippen molar-refractivity contribution >= 4 is 14.3 Å². The monoisotopic (exact) mass is 297 g/mol. The SMILES string of the molecule is CCOC(=O)C1(CC#N)CC1CO[Si](C)(C)C(C)(C)C. The van der Waals surface area contributed by atoms with Gasteiger partial charge in [0.2, 0.25) is 0 Å². The van der Waals surface area contributed by atoms with E-state index in [-0.39, 0.29) is 23.3 Å². The van der Waals surface area contributed by atoms with Crippen molar-refractivity contribution < 1.29 is 14.0 Å². The van der Waals surface area contributed by atoms with Gasteiger partial charge in [0.05, 0.1) is 24.5 Å². The molecule has 1 aliphatic rings. The summed E-state index contributed by atoms with van der Waals surface area (Å²) in [5.74, 6) is -0.0966. The molecule has 0 aromatic carbocycles. The summed E-state index contributed by atoms with van der Waals surface area (Å²) in [6.07, 6.45) is 0.950. The fourth-order valence-electron chi connectivity index (χ4n) is 2.08. The van der Waals surface area contributed by atoms with Gasteiger partial charge >= 0.3 is 5.97 Å². The number of ether oxygens (including phenoxy) is 1. The van der Waals surface area contributed by atoms with E-state index in [0.717, 1.165) is 0 Å². The molecule has 0 heterocycles. The molecule has 114 valence electrons. The highest BCUT2D eigenvalue weighted by atomic mass is 28.4. The van der Waals surface area contributed by atoms with Gasteiger partial charge in [-0.05, 0) is 37.4 Å². The lowest BCUT2D eigenvalue weighted by Gasteiger charge is -2.36. The third-order valence-electron chi connectivity index (χ3n) is 4.76. The van der Waals surface area contributed by atoms with Gasteiger partial charge in [-0.15, -0.1) is 0 Å². The first-order chi connectivity index (χ1) is 9.10. The molecule has 2 atom stereocenters. The molecule has 1 fully saturated rings. The minimum absolute atomic E-state index is 0.135. The highest BCUT2D eigenvalue weighted by molar-refractivity contribution is 6.74. The molecular formula is C15H27NO3Si. The van der Waals surface area contributed by atoms with Gasteiger partial charge < -0.3 is 9.16 Å². The molecule has 0 radical (unpaired) electrons. The Balaban J connectivity index is 2.64. The molecule has 0 aliphatic heterocycles. The smallest absolute Gasteiger partial charge is 0.313 e. The van der Waals surface area contributed by atoms with Crippen molar-refractivity contribution in [1.29, 1.82) is 5.26 Å². The summed E-state index contributed by atoms with van der Waals surface area (Å²) in [7, 11) is -1.80. The van der Waals surface area contributed by atoms with E-state index < -0.39 is 13.7 Å². The average molecular weight is 297 g/mol. The van der Waals surface area contributed by atoms with Crippen LogP contribution in [0.1, 0.15) is 40.5 Å². The second-order valence-electron chi connectivity index (χ2n) is 7.18. The van der Waals surface area contributed by atoms with Gasteiger partial charge in [0.15, 0.2) is 8.32 Å². The summed E-state index contributed by atoms with van der Waals surface area (Å²) in [5.41, 5.74) is -0.604. The number of rotatable bonds is 6. The van der Waals surface area contributed by atoms with E-state index >= 15 is 0 Å². The summed E-state index contributed by atoms with van der Waals surface area (Å²) in [6.45, 7) is 13.7. The summed E-state index contributed by atoms with van der Waals surface area (Å²) < 4.78 is 11.3. The van der Waals surface area contributed by atoms with Crippen LogP contribution in [0, 0.1) is 22.7 Å². The van der Waals surface area contributed by atoms with Crippen LogP contribution in [0.4, 0.5) is 0 Å². The van der Waals surface area contributed by atoms with Gasteiger partial charge in [0.1, 0.15) is 0 Å². The first-order valence-corrected chi connectivity index (χ1v) is 10.2. The zero-order valence-corrected chi connectivity index (χ0v) is 14.6. The molecule has 2 unspecified atom stereocenters. The summed E-state index contributed by atoms with van der Waals surface area (Å²) in [6, 6.07) is 2.12. The van der Waals surface area contributed by atoms with Crippen LogP contribution in [0.15, 0.2) is 0 Å². The second kappa shape index (κ2) is 5.86. The van der Waals surface area contributed by atoms with Crippen molar-refractivity contribution in [3.05, 3.63) is 0 Å². The predicted octanol–water partition coefficient (Wildman–Crippen LogP) is 3.49. The minimum atomic E-state index is -1.80. The van der Waals surface area contributed by atoms with Crippen molar-refractivity contribution in [2.45, 2.75) is 58.7 Å². The third-order valence-corrected chi connectivity index (χ3v) is 9.26. The molecular weight excluding hydrogens is 270 g/mol. The number of nitrogens with zero attached hydrogens (tertiary/aromatic N) is 1. The van der Waals surface area contributed by atoms with E-state index in [0.29, 0.717) is 19.6 Å². The third kappa shape index (κ3) is 3.42. The Kier molecular flexibility index (Phi) is 5.04.